The van der Waals surface area contributed by atoms with Crippen LogP contribution in [0.1, 0.15) is 5.56 Å². The van der Waals surface area contributed by atoms with Crippen LogP contribution < -0.4 is 15.5 Å². The second kappa shape index (κ2) is 9.09. The molecule has 28 heavy (non-hydrogen) atoms. The third-order valence-electron chi connectivity index (χ3n) is 3.53. The molecule has 2 amide bonds. The summed E-state index contributed by atoms with van der Waals surface area (Å²) in [4.78, 5) is 23.6. The maximum absolute atomic E-state index is 12.8. The lowest BCUT2D eigenvalue weighted by Crippen LogP contribution is -2.32. The monoisotopic (exact) mass is 377 g/mol. The topological polar surface area (TPSA) is 79.8 Å². The van der Waals surface area contributed by atoms with Crippen molar-refractivity contribution in [3.05, 3.63) is 90.2 Å². The van der Waals surface area contributed by atoms with Crippen LogP contribution in [0.5, 0.6) is 11.5 Å². The van der Waals surface area contributed by atoms with Gasteiger partial charge in [0.2, 0.25) is 0 Å². The lowest BCUT2D eigenvalue weighted by Gasteiger charge is -2.06. The zero-order valence-corrected chi connectivity index (χ0v) is 14.6. The molecule has 3 rings (SSSR count). The van der Waals surface area contributed by atoms with Crippen LogP contribution in [0.25, 0.3) is 0 Å². The minimum absolute atomic E-state index is 0.302. The average Bonchev–Trinajstić information content (AvgIpc) is 2.71. The SMILES string of the molecule is O=C(N/N=C\c1cccc(Oc2ccccc2)c1)C(=O)Nc1ccc(F)cc1. The second-order valence-electron chi connectivity index (χ2n) is 5.65. The van der Waals surface area contributed by atoms with Crippen LogP contribution in [0.2, 0.25) is 0 Å². The molecule has 0 radical (unpaired) electrons. The van der Waals surface area contributed by atoms with Gasteiger partial charge in [-0.05, 0) is 54.1 Å². The highest BCUT2D eigenvalue weighted by Gasteiger charge is 2.12. The van der Waals surface area contributed by atoms with E-state index in [1.807, 2.05) is 30.3 Å². The van der Waals surface area contributed by atoms with Crippen molar-refractivity contribution in [1.29, 1.82) is 0 Å². The number of carbonyl (C=O) groups is 2. The molecule has 6 nitrogen and oxygen atoms in total. The highest BCUT2D eigenvalue weighted by atomic mass is 19.1. The van der Waals surface area contributed by atoms with Crippen molar-refractivity contribution in [1.82, 2.24) is 5.43 Å². The largest absolute Gasteiger partial charge is 0.457 e. The van der Waals surface area contributed by atoms with Gasteiger partial charge < -0.3 is 10.1 Å². The number of hydrogen-bond acceptors (Lipinski definition) is 4. The van der Waals surface area contributed by atoms with E-state index in [4.69, 9.17) is 4.74 Å². The first-order valence-corrected chi connectivity index (χ1v) is 8.33. The predicted octanol–water partition coefficient (Wildman–Crippen LogP) is 3.71. The summed E-state index contributed by atoms with van der Waals surface area (Å²) in [7, 11) is 0. The Hall–Kier alpha value is -4.00. The van der Waals surface area contributed by atoms with Crippen molar-refractivity contribution < 1.29 is 18.7 Å². The van der Waals surface area contributed by atoms with E-state index in [1.54, 1.807) is 24.3 Å². The Morgan fingerprint density at radius 3 is 2.32 bits per heavy atom. The number of ether oxygens (including phenoxy) is 1. The van der Waals surface area contributed by atoms with Crippen molar-refractivity contribution in [3.8, 4) is 11.5 Å². The number of benzene rings is 3. The van der Waals surface area contributed by atoms with Crippen LogP contribution in [-0.2, 0) is 9.59 Å². The Bertz CT molecular complexity index is 989. The summed E-state index contributed by atoms with van der Waals surface area (Å²) < 4.78 is 18.6. The molecule has 3 aromatic carbocycles. The Labute approximate surface area is 160 Å². The van der Waals surface area contributed by atoms with E-state index < -0.39 is 17.6 Å². The molecule has 140 valence electrons. The van der Waals surface area contributed by atoms with Crippen LogP contribution in [0.3, 0.4) is 0 Å². The molecule has 0 fully saturated rings. The molecule has 0 saturated heterocycles. The first kappa shape index (κ1) is 18.8. The van der Waals surface area contributed by atoms with Gasteiger partial charge in [-0.15, -0.1) is 0 Å². The molecule has 0 atom stereocenters. The second-order valence-corrected chi connectivity index (χ2v) is 5.65. The maximum Gasteiger partial charge on any atom is 0.329 e. The standard InChI is InChI=1S/C21H16FN3O3/c22-16-9-11-17(12-10-16)24-20(26)21(27)25-23-14-15-5-4-8-19(13-15)28-18-6-2-1-3-7-18/h1-14H,(H,24,26)(H,25,27)/b23-14-. The molecule has 0 aliphatic heterocycles. The number of hydrogen-bond donors (Lipinski definition) is 2. The molecule has 7 heteroatoms. The van der Waals surface area contributed by atoms with E-state index in [-0.39, 0.29) is 0 Å². The van der Waals surface area contributed by atoms with Gasteiger partial charge in [-0.25, -0.2) is 9.82 Å². The molecule has 2 N–H and O–H groups in total. The van der Waals surface area contributed by atoms with E-state index in [0.29, 0.717) is 22.7 Å². The molecule has 0 aliphatic carbocycles. The van der Waals surface area contributed by atoms with Crippen LogP contribution >= 0.6 is 0 Å². The molecule has 0 spiro atoms. The molecule has 0 heterocycles. The van der Waals surface area contributed by atoms with Gasteiger partial charge in [0.25, 0.3) is 0 Å². The zero-order valence-electron chi connectivity index (χ0n) is 14.6. The van der Waals surface area contributed by atoms with Crippen molar-refractivity contribution in [3.63, 3.8) is 0 Å². The minimum Gasteiger partial charge on any atom is -0.457 e. The van der Waals surface area contributed by atoms with Gasteiger partial charge in [-0.2, -0.15) is 5.10 Å². The Kier molecular flexibility index (Phi) is 6.10. The van der Waals surface area contributed by atoms with Gasteiger partial charge in [0, 0.05) is 5.69 Å². The summed E-state index contributed by atoms with van der Waals surface area (Å²) in [6.07, 6.45) is 1.39. The quantitative estimate of drug-likeness (QED) is 0.404. The van der Waals surface area contributed by atoms with E-state index >= 15 is 0 Å². The van der Waals surface area contributed by atoms with Gasteiger partial charge in [-0.3, -0.25) is 9.59 Å². The van der Waals surface area contributed by atoms with Crippen LogP contribution in [0, 0.1) is 5.82 Å². The van der Waals surface area contributed by atoms with Crippen LogP contribution in [0.4, 0.5) is 10.1 Å². The number of anilines is 1. The Morgan fingerprint density at radius 1 is 0.857 bits per heavy atom. The number of halogens is 1. The summed E-state index contributed by atoms with van der Waals surface area (Å²) in [5.74, 6) is -0.995. The maximum atomic E-state index is 12.8. The molecule has 0 bridgehead atoms. The summed E-state index contributed by atoms with van der Waals surface area (Å²) in [6.45, 7) is 0. The first-order valence-electron chi connectivity index (χ1n) is 8.33. The van der Waals surface area contributed by atoms with Gasteiger partial charge >= 0.3 is 11.8 Å². The first-order chi connectivity index (χ1) is 13.6. The van der Waals surface area contributed by atoms with E-state index in [0.717, 1.165) is 0 Å². The lowest BCUT2D eigenvalue weighted by molar-refractivity contribution is -0.136. The van der Waals surface area contributed by atoms with Crippen molar-refractivity contribution in [2.45, 2.75) is 0 Å². The smallest absolute Gasteiger partial charge is 0.329 e. The van der Waals surface area contributed by atoms with Gasteiger partial charge in [0.1, 0.15) is 17.3 Å². The molecule has 3 aromatic rings. The number of hydrazone groups is 1. The number of rotatable bonds is 5. The third-order valence-corrected chi connectivity index (χ3v) is 3.53. The number of nitrogens with zero attached hydrogens (tertiary/aromatic N) is 1. The van der Waals surface area contributed by atoms with Crippen molar-refractivity contribution >= 4 is 23.7 Å². The number of para-hydroxylation sites is 1. The average molecular weight is 377 g/mol. The fraction of sp³-hybridized carbons (Fsp3) is 0. The molecular formula is C21H16FN3O3. The third kappa shape index (κ3) is 5.50. The highest BCUT2D eigenvalue weighted by Crippen LogP contribution is 2.21. The zero-order chi connectivity index (χ0) is 19.8. The fourth-order valence-electron chi connectivity index (χ4n) is 2.22. The fourth-order valence-corrected chi connectivity index (χ4v) is 2.22. The van der Waals surface area contributed by atoms with Crippen molar-refractivity contribution in [2.24, 2.45) is 5.10 Å². The summed E-state index contributed by atoms with van der Waals surface area (Å²) in [5.41, 5.74) is 3.11. The normalized spacial score (nSPS) is 10.5. The predicted molar refractivity (Wildman–Crippen MR) is 104 cm³/mol. The van der Waals surface area contributed by atoms with Crippen molar-refractivity contribution in [2.75, 3.05) is 5.32 Å². The Balaban J connectivity index is 1.55. The molecule has 0 saturated carbocycles. The molecule has 0 aromatic heterocycles. The van der Waals surface area contributed by atoms with Gasteiger partial charge in [0.15, 0.2) is 0 Å². The highest BCUT2D eigenvalue weighted by molar-refractivity contribution is 6.39. The van der Waals surface area contributed by atoms with E-state index in [1.165, 1.54) is 30.5 Å². The molecular weight excluding hydrogens is 361 g/mol. The number of nitrogens with one attached hydrogen (secondary N) is 2. The van der Waals surface area contributed by atoms with E-state index in [2.05, 4.69) is 15.8 Å². The molecule has 0 unspecified atom stereocenters. The van der Waals surface area contributed by atoms with E-state index in [9.17, 15) is 14.0 Å². The van der Waals surface area contributed by atoms with Gasteiger partial charge in [0.05, 0.1) is 6.21 Å². The summed E-state index contributed by atoms with van der Waals surface area (Å²) >= 11 is 0. The molecule has 0 aliphatic rings. The minimum atomic E-state index is -0.947. The summed E-state index contributed by atoms with van der Waals surface area (Å²) in [5, 5.41) is 6.11. The Morgan fingerprint density at radius 2 is 1.57 bits per heavy atom. The van der Waals surface area contributed by atoms with Gasteiger partial charge in [-0.1, -0.05) is 30.3 Å². The number of amides is 2. The number of carbonyl (C=O) groups excluding carboxylic acids is 2. The lowest BCUT2D eigenvalue weighted by atomic mass is 10.2. The van der Waals surface area contributed by atoms with Crippen LogP contribution in [-0.4, -0.2) is 18.0 Å². The van der Waals surface area contributed by atoms with Crippen LogP contribution in [0.15, 0.2) is 84.0 Å². The summed E-state index contributed by atoms with van der Waals surface area (Å²) in [6, 6.07) is 21.4.